The summed E-state index contributed by atoms with van der Waals surface area (Å²) in [6, 6.07) is 28.3. The monoisotopic (exact) mass is 419 g/mol. The van der Waals surface area contributed by atoms with Crippen LogP contribution in [0.5, 0.6) is 0 Å². The van der Waals surface area contributed by atoms with E-state index in [1.807, 2.05) is 66.7 Å². The summed E-state index contributed by atoms with van der Waals surface area (Å²) in [6.07, 6.45) is 4.85. The maximum Gasteiger partial charge on any atom is 0.171 e. The lowest BCUT2D eigenvalue weighted by molar-refractivity contribution is 0.257. The van der Waals surface area contributed by atoms with Gasteiger partial charge in [0.2, 0.25) is 0 Å². The molecule has 0 N–H and O–H groups in total. The molecule has 0 radical (unpaired) electrons. The van der Waals surface area contributed by atoms with Crippen molar-refractivity contribution in [3.8, 4) is 0 Å². The second kappa shape index (κ2) is 11.3. The highest BCUT2D eigenvalue weighted by Crippen LogP contribution is 2.42. The number of unbranched alkanes of at least 4 members (excludes halogenated alkanes) is 2. The third kappa shape index (κ3) is 5.50. The van der Waals surface area contributed by atoms with Crippen LogP contribution in [0.4, 0.5) is 0 Å². The van der Waals surface area contributed by atoms with E-state index in [-0.39, 0.29) is 0 Å². The van der Waals surface area contributed by atoms with Crippen LogP contribution in [0.1, 0.15) is 45.1 Å². The van der Waals surface area contributed by atoms with Crippen molar-refractivity contribution in [1.29, 1.82) is 0 Å². The number of hydrogen-bond donors (Lipinski definition) is 0. The number of hydrogen-bond acceptors (Lipinski definition) is 2. The zero-order valence-corrected chi connectivity index (χ0v) is 19.2. The molecule has 0 aliphatic heterocycles. The first-order valence-corrected chi connectivity index (χ1v) is 12.9. The minimum absolute atomic E-state index is 0.891. The van der Waals surface area contributed by atoms with Gasteiger partial charge in [0.1, 0.15) is 0 Å². The van der Waals surface area contributed by atoms with Gasteiger partial charge in [-0.2, -0.15) is 0 Å². The van der Waals surface area contributed by atoms with Crippen LogP contribution in [0.15, 0.2) is 84.9 Å². The molecule has 0 fully saturated rings. The molecule has 3 aromatic carbocycles. The molecule has 0 amide bonds. The summed E-state index contributed by atoms with van der Waals surface area (Å²) in [5.41, 5.74) is 1.24. The van der Waals surface area contributed by atoms with Gasteiger partial charge in [-0.05, 0) is 37.6 Å². The van der Waals surface area contributed by atoms with Crippen molar-refractivity contribution in [2.45, 2.75) is 46.1 Å². The van der Waals surface area contributed by atoms with E-state index in [2.05, 4.69) is 36.9 Å². The van der Waals surface area contributed by atoms with Crippen molar-refractivity contribution in [3.05, 3.63) is 90.5 Å². The Morgan fingerprint density at radius 1 is 0.667 bits per heavy atom. The Hall–Kier alpha value is -2.15. The van der Waals surface area contributed by atoms with E-state index in [1.165, 1.54) is 31.2 Å². The third-order valence-corrected chi connectivity index (χ3v) is 8.63. The fraction of sp³-hybridized carbons (Fsp3) is 0.333. The standard InChI is InChI=1S/C27H34NOP/c1-3-5-20-28(21-6-4-2)23-24-14-13-19-27(22-24)30(29,25-15-9-7-10-16-25)26-17-11-8-12-18-26/h7-19,22H,3-6,20-21,23H2,1-2H3. The van der Waals surface area contributed by atoms with Gasteiger partial charge in [0.05, 0.1) is 0 Å². The SMILES string of the molecule is CCCCN(CCCC)Cc1cccc(P(=O)(c2ccccc2)c2ccccc2)c1. The van der Waals surface area contributed by atoms with Gasteiger partial charge >= 0.3 is 0 Å². The zero-order chi connectivity index (χ0) is 21.2. The first-order valence-electron chi connectivity index (χ1n) is 11.2. The Bertz CT molecular complexity index is 888. The first kappa shape index (κ1) is 22.5. The fourth-order valence-corrected chi connectivity index (χ4v) is 6.59. The van der Waals surface area contributed by atoms with Crippen LogP contribution in [-0.4, -0.2) is 18.0 Å². The first-order chi connectivity index (χ1) is 14.7. The van der Waals surface area contributed by atoms with Gasteiger partial charge in [0.25, 0.3) is 0 Å². The van der Waals surface area contributed by atoms with Crippen molar-refractivity contribution in [2.75, 3.05) is 13.1 Å². The maximum atomic E-state index is 14.6. The van der Waals surface area contributed by atoms with Crippen molar-refractivity contribution in [2.24, 2.45) is 0 Å². The normalized spacial score (nSPS) is 11.7. The van der Waals surface area contributed by atoms with Gasteiger partial charge in [-0.15, -0.1) is 0 Å². The van der Waals surface area contributed by atoms with E-state index in [0.29, 0.717) is 0 Å². The van der Waals surface area contributed by atoms with Crippen LogP contribution in [0.3, 0.4) is 0 Å². The molecule has 0 spiro atoms. The van der Waals surface area contributed by atoms with E-state index in [0.717, 1.165) is 35.5 Å². The van der Waals surface area contributed by atoms with Gasteiger partial charge in [-0.3, -0.25) is 4.90 Å². The summed E-state index contributed by atoms with van der Waals surface area (Å²) >= 11 is 0. The molecular formula is C27H34NOP. The molecule has 0 bridgehead atoms. The Morgan fingerprint density at radius 2 is 1.17 bits per heavy atom. The minimum Gasteiger partial charge on any atom is -0.309 e. The number of nitrogens with zero attached hydrogens (tertiary/aromatic N) is 1. The van der Waals surface area contributed by atoms with E-state index in [1.54, 1.807) is 0 Å². The molecule has 0 aromatic heterocycles. The van der Waals surface area contributed by atoms with Gasteiger partial charge < -0.3 is 4.57 Å². The molecule has 0 aliphatic rings. The number of benzene rings is 3. The summed E-state index contributed by atoms with van der Waals surface area (Å²) in [7, 11) is -2.91. The smallest absolute Gasteiger partial charge is 0.171 e. The second-order valence-electron chi connectivity index (χ2n) is 7.93. The van der Waals surface area contributed by atoms with Crippen molar-refractivity contribution in [1.82, 2.24) is 4.90 Å². The Morgan fingerprint density at radius 3 is 1.67 bits per heavy atom. The molecule has 0 heterocycles. The molecule has 2 nitrogen and oxygen atoms in total. The van der Waals surface area contributed by atoms with Gasteiger partial charge in [-0.1, -0.05) is 106 Å². The summed E-state index contributed by atoms with van der Waals surface area (Å²) in [5, 5.41) is 2.70. The summed E-state index contributed by atoms with van der Waals surface area (Å²) in [5.74, 6) is 0. The van der Waals surface area contributed by atoms with Crippen LogP contribution in [-0.2, 0) is 11.1 Å². The van der Waals surface area contributed by atoms with E-state index >= 15 is 0 Å². The summed E-state index contributed by atoms with van der Waals surface area (Å²) < 4.78 is 14.6. The van der Waals surface area contributed by atoms with Crippen molar-refractivity contribution in [3.63, 3.8) is 0 Å². The molecule has 0 atom stereocenters. The van der Waals surface area contributed by atoms with Gasteiger partial charge in [0, 0.05) is 22.5 Å². The predicted molar refractivity (Wildman–Crippen MR) is 131 cm³/mol. The molecule has 0 saturated carbocycles. The van der Waals surface area contributed by atoms with E-state index in [9.17, 15) is 4.57 Å². The van der Waals surface area contributed by atoms with Crippen molar-refractivity contribution < 1.29 is 4.57 Å². The van der Waals surface area contributed by atoms with Gasteiger partial charge in [0.15, 0.2) is 7.14 Å². The highest BCUT2D eigenvalue weighted by Gasteiger charge is 2.29. The lowest BCUT2D eigenvalue weighted by atomic mass is 10.2. The predicted octanol–water partition coefficient (Wildman–Crippen LogP) is 5.73. The maximum absolute atomic E-state index is 14.6. The molecular weight excluding hydrogens is 385 g/mol. The molecule has 3 aromatic rings. The molecule has 3 rings (SSSR count). The van der Waals surface area contributed by atoms with Crippen LogP contribution in [0, 0.1) is 0 Å². The Labute approximate surface area is 182 Å². The second-order valence-corrected chi connectivity index (χ2v) is 10.7. The van der Waals surface area contributed by atoms with Crippen LogP contribution in [0.25, 0.3) is 0 Å². The van der Waals surface area contributed by atoms with E-state index < -0.39 is 7.14 Å². The molecule has 0 unspecified atom stereocenters. The molecule has 3 heteroatoms. The topological polar surface area (TPSA) is 20.3 Å². The molecule has 0 saturated heterocycles. The minimum atomic E-state index is -2.91. The zero-order valence-electron chi connectivity index (χ0n) is 18.3. The average molecular weight is 420 g/mol. The average Bonchev–Trinajstić information content (AvgIpc) is 2.81. The van der Waals surface area contributed by atoms with Crippen LogP contribution < -0.4 is 15.9 Å². The fourth-order valence-electron chi connectivity index (χ4n) is 3.87. The molecule has 158 valence electrons. The summed E-state index contributed by atoms with van der Waals surface area (Å²) in [4.78, 5) is 2.54. The van der Waals surface area contributed by atoms with Crippen LogP contribution >= 0.6 is 7.14 Å². The van der Waals surface area contributed by atoms with Gasteiger partial charge in [-0.25, -0.2) is 0 Å². The lowest BCUT2D eigenvalue weighted by Gasteiger charge is -2.24. The molecule has 0 aliphatic carbocycles. The quantitative estimate of drug-likeness (QED) is 0.370. The summed E-state index contributed by atoms with van der Waals surface area (Å²) in [6.45, 7) is 7.64. The highest BCUT2D eigenvalue weighted by atomic mass is 31.2. The van der Waals surface area contributed by atoms with Crippen LogP contribution in [0.2, 0.25) is 0 Å². The van der Waals surface area contributed by atoms with E-state index in [4.69, 9.17) is 0 Å². The molecule has 30 heavy (non-hydrogen) atoms. The highest BCUT2D eigenvalue weighted by molar-refractivity contribution is 7.85. The Balaban J connectivity index is 1.97. The third-order valence-electron chi connectivity index (χ3n) is 5.58. The lowest BCUT2D eigenvalue weighted by Crippen LogP contribution is -2.28. The van der Waals surface area contributed by atoms with Crippen molar-refractivity contribution >= 4 is 23.1 Å². The largest absolute Gasteiger partial charge is 0.309 e. The Kier molecular flexibility index (Phi) is 8.49. The number of rotatable bonds is 11.